The molecule has 0 heterocycles. The number of benzene rings is 2. The molecule has 0 aliphatic rings. The van der Waals surface area contributed by atoms with Crippen LogP contribution in [0.15, 0.2) is 53.0 Å². The van der Waals surface area contributed by atoms with Crippen LogP contribution in [-0.4, -0.2) is 12.6 Å². The van der Waals surface area contributed by atoms with Crippen molar-refractivity contribution in [3.63, 3.8) is 0 Å². The van der Waals surface area contributed by atoms with Crippen molar-refractivity contribution in [3.05, 3.63) is 64.4 Å². The maximum atomic E-state index is 13.0. The van der Waals surface area contributed by atoms with Gasteiger partial charge in [0.05, 0.1) is 4.47 Å². The van der Waals surface area contributed by atoms with Crippen molar-refractivity contribution in [3.8, 4) is 5.75 Å². The summed E-state index contributed by atoms with van der Waals surface area (Å²) >= 11 is 3.04. The minimum atomic E-state index is -0.477. The summed E-state index contributed by atoms with van der Waals surface area (Å²) < 4.78 is 23.6. The van der Waals surface area contributed by atoms with E-state index in [1.165, 1.54) is 18.2 Å². The van der Waals surface area contributed by atoms with E-state index in [9.17, 15) is 9.18 Å². The molecule has 0 fully saturated rings. The number of esters is 1. The molecule has 2 aromatic carbocycles. The van der Waals surface area contributed by atoms with Gasteiger partial charge in [0, 0.05) is 0 Å². The molecule has 0 spiro atoms. The van der Waals surface area contributed by atoms with Gasteiger partial charge in [-0.3, -0.25) is 0 Å². The van der Waals surface area contributed by atoms with Crippen molar-refractivity contribution in [2.75, 3.05) is 6.61 Å². The Labute approximate surface area is 124 Å². The fourth-order valence-corrected chi connectivity index (χ4v) is 1.85. The van der Waals surface area contributed by atoms with Gasteiger partial charge in [-0.2, -0.15) is 0 Å². The van der Waals surface area contributed by atoms with Crippen LogP contribution in [0, 0.1) is 5.82 Å². The Kier molecular flexibility index (Phi) is 5.12. The Hall–Kier alpha value is -1.88. The van der Waals surface area contributed by atoms with E-state index in [1.807, 2.05) is 30.3 Å². The van der Waals surface area contributed by atoms with Crippen LogP contribution in [0.3, 0.4) is 0 Å². The van der Waals surface area contributed by atoms with Gasteiger partial charge in [0.2, 0.25) is 0 Å². The van der Waals surface area contributed by atoms with Gasteiger partial charge in [0.1, 0.15) is 18.2 Å². The van der Waals surface area contributed by atoms with Crippen molar-refractivity contribution >= 4 is 21.9 Å². The summed E-state index contributed by atoms with van der Waals surface area (Å²) in [5.74, 6) is -0.465. The molecule has 0 saturated carbocycles. The predicted octanol–water partition coefficient (Wildman–Crippen LogP) is 3.71. The minimum Gasteiger partial charge on any atom is -0.482 e. The Morgan fingerprint density at radius 2 is 1.90 bits per heavy atom. The van der Waals surface area contributed by atoms with Crippen LogP contribution in [0.2, 0.25) is 0 Å². The van der Waals surface area contributed by atoms with Crippen molar-refractivity contribution in [1.29, 1.82) is 0 Å². The van der Waals surface area contributed by atoms with Crippen LogP contribution in [0.4, 0.5) is 4.39 Å². The Morgan fingerprint density at radius 3 is 2.60 bits per heavy atom. The lowest BCUT2D eigenvalue weighted by molar-refractivity contribution is -0.147. The number of rotatable bonds is 5. The SMILES string of the molecule is O=C(COc1ccc(F)c(Br)c1)OCc1ccccc1. The number of halogens is 2. The zero-order chi connectivity index (χ0) is 14.4. The molecule has 0 bridgehead atoms. The third-order valence-electron chi connectivity index (χ3n) is 2.49. The average Bonchev–Trinajstić information content (AvgIpc) is 2.47. The van der Waals surface area contributed by atoms with Gasteiger partial charge in [0.15, 0.2) is 6.61 Å². The lowest BCUT2D eigenvalue weighted by atomic mass is 10.2. The first kappa shape index (κ1) is 14.5. The van der Waals surface area contributed by atoms with Crippen molar-refractivity contribution in [1.82, 2.24) is 0 Å². The maximum absolute atomic E-state index is 13.0. The molecule has 0 saturated heterocycles. The molecule has 0 aliphatic carbocycles. The summed E-state index contributed by atoms with van der Waals surface area (Å²) in [5.41, 5.74) is 0.908. The third kappa shape index (κ3) is 4.35. The monoisotopic (exact) mass is 338 g/mol. The highest BCUT2D eigenvalue weighted by Crippen LogP contribution is 2.21. The highest BCUT2D eigenvalue weighted by Gasteiger charge is 2.06. The van der Waals surface area contributed by atoms with Crippen LogP contribution in [0.1, 0.15) is 5.56 Å². The Bertz CT molecular complexity index is 587. The van der Waals surface area contributed by atoms with Gasteiger partial charge in [-0.15, -0.1) is 0 Å². The molecule has 5 heteroatoms. The fourth-order valence-electron chi connectivity index (χ4n) is 1.49. The van der Waals surface area contributed by atoms with Gasteiger partial charge in [-0.05, 0) is 39.7 Å². The van der Waals surface area contributed by atoms with E-state index >= 15 is 0 Å². The molecule has 0 unspecified atom stereocenters. The summed E-state index contributed by atoms with van der Waals surface area (Å²) in [6.45, 7) is -0.0128. The summed E-state index contributed by atoms with van der Waals surface area (Å²) in [4.78, 5) is 11.5. The summed E-state index contributed by atoms with van der Waals surface area (Å²) in [6, 6.07) is 13.5. The van der Waals surface area contributed by atoms with E-state index in [4.69, 9.17) is 9.47 Å². The number of carbonyl (C=O) groups excluding carboxylic acids is 1. The first-order chi connectivity index (χ1) is 9.65. The van der Waals surface area contributed by atoms with Gasteiger partial charge in [-0.25, -0.2) is 9.18 Å². The van der Waals surface area contributed by atoms with Crippen molar-refractivity contribution in [2.24, 2.45) is 0 Å². The standard InChI is InChI=1S/C15H12BrFO3/c16-13-8-12(6-7-14(13)17)19-10-15(18)20-9-11-4-2-1-3-5-11/h1-8H,9-10H2. The topological polar surface area (TPSA) is 35.5 Å². The molecule has 0 amide bonds. The second-order valence-electron chi connectivity index (χ2n) is 4.01. The van der Waals surface area contributed by atoms with Crippen molar-refractivity contribution < 1.29 is 18.7 Å². The first-order valence-electron chi connectivity index (χ1n) is 5.92. The molecule has 104 valence electrons. The van der Waals surface area contributed by atoms with Gasteiger partial charge in [-0.1, -0.05) is 30.3 Å². The predicted molar refractivity (Wildman–Crippen MR) is 75.8 cm³/mol. The molecule has 20 heavy (non-hydrogen) atoms. The smallest absolute Gasteiger partial charge is 0.344 e. The van der Waals surface area contributed by atoms with E-state index in [0.29, 0.717) is 5.75 Å². The zero-order valence-electron chi connectivity index (χ0n) is 10.5. The number of hydrogen-bond acceptors (Lipinski definition) is 3. The van der Waals surface area contributed by atoms with E-state index in [-0.39, 0.29) is 23.5 Å². The van der Waals surface area contributed by atoms with E-state index < -0.39 is 5.97 Å². The molecule has 2 rings (SSSR count). The number of hydrogen-bond donors (Lipinski definition) is 0. The van der Waals surface area contributed by atoms with E-state index in [1.54, 1.807) is 0 Å². The number of ether oxygens (including phenoxy) is 2. The molecule has 0 aromatic heterocycles. The largest absolute Gasteiger partial charge is 0.482 e. The maximum Gasteiger partial charge on any atom is 0.344 e. The molecule has 2 aromatic rings. The van der Waals surface area contributed by atoms with Gasteiger partial charge >= 0.3 is 5.97 Å². The average molecular weight is 339 g/mol. The lowest BCUT2D eigenvalue weighted by Gasteiger charge is -2.07. The second-order valence-corrected chi connectivity index (χ2v) is 4.87. The summed E-state index contributed by atoms with van der Waals surface area (Å²) in [7, 11) is 0. The highest BCUT2D eigenvalue weighted by atomic mass is 79.9. The van der Waals surface area contributed by atoms with E-state index in [2.05, 4.69) is 15.9 Å². The first-order valence-corrected chi connectivity index (χ1v) is 6.72. The van der Waals surface area contributed by atoms with Crippen LogP contribution >= 0.6 is 15.9 Å². The van der Waals surface area contributed by atoms with Crippen LogP contribution in [-0.2, 0) is 16.1 Å². The quantitative estimate of drug-likeness (QED) is 0.779. The van der Waals surface area contributed by atoms with Crippen LogP contribution < -0.4 is 4.74 Å². The molecule has 3 nitrogen and oxygen atoms in total. The molecule has 0 atom stereocenters. The lowest BCUT2D eigenvalue weighted by Crippen LogP contribution is -2.14. The zero-order valence-corrected chi connectivity index (χ0v) is 12.1. The molecular weight excluding hydrogens is 327 g/mol. The van der Waals surface area contributed by atoms with Gasteiger partial charge < -0.3 is 9.47 Å². The number of carbonyl (C=O) groups is 1. The van der Waals surface area contributed by atoms with Gasteiger partial charge in [0.25, 0.3) is 0 Å². The van der Waals surface area contributed by atoms with Crippen LogP contribution in [0.5, 0.6) is 5.75 Å². The molecule has 0 radical (unpaired) electrons. The normalized spacial score (nSPS) is 10.1. The third-order valence-corrected chi connectivity index (χ3v) is 3.10. The second kappa shape index (κ2) is 7.05. The summed E-state index contributed by atoms with van der Waals surface area (Å²) in [5, 5.41) is 0. The molecule has 0 aliphatic heterocycles. The Morgan fingerprint density at radius 1 is 1.15 bits per heavy atom. The van der Waals surface area contributed by atoms with E-state index in [0.717, 1.165) is 5.56 Å². The molecular formula is C15H12BrFO3. The minimum absolute atomic E-state index is 0.205. The Balaban J connectivity index is 1.79. The van der Waals surface area contributed by atoms with Crippen LogP contribution in [0.25, 0.3) is 0 Å². The fraction of sp³-hybridized carbons (Fsp3) is 0.133. The molecule has 0 N–H and O–H groups in total. The highest BCUT2D eigenvalue weighted by molar-refractivity contribution is 9.10. The summed E-state index contributed by atoms with van der Waals surface area (Å²) in [6.07, 6.45) is 0. The van der Waals surface area contributed by atoms with Crippen molar-refractivity contribution in [2.45, 2.75) is 6.61 Å².